The normalized spacial score (nSPS) is 23.2. The van der Waals surface area contributed by atoms with E-state index in [2.05, 4.69) is 5.32 Å². The van der Waals surface area contributed by atoms with Gasteiger partial charge in [-0.1, -0.05) is 12.1 Å². The maximum Gasteiger partial charge on any atom is 0.317 e. The van der Waals surface area contributed by atoms with Gasteiger partial charge in [0.25, 0.3) is 0 Å². The predicted octanol–water partition coefficient (Wildman–Crippen LogP) is 2.33. The molecule has 1 heterocycles. The molecule has 3 atom stereocenters. The molecule has 2 rings (SSSR count). The Hall–Kier alpha value is -1.66. The molecule has 1 N–H and O–H groups in total. The van der Waals surface area contributed by atoms with Gasteiger partial charge in [-0.05, 0) is 31.5 Å². The molecule has 0 unspecified atom stereocenters. The lowest BCUT2D eigenvalue weighted by molar-refractivity contribution is -0.0380. The predicted molar refractivity (Wildman–Crippen MR) is 81.1 cm³/mol. The molecule has 1 aliphatic rings. The Kier molecular flexibility index (Phi) is 5.74. The number of morpholine rings is 1. The summed E-state index contributed by atoms with van der Waals surface area (Å²) in [6.45, 7) is 5.38. The van der Waals surface area contributed by atoms with Gasteiger partial charge >= 0.3 is 6.03 Å². The van der Waals surface area contributed by atoms with Crippen LogP contribution in [0.15, 0.2) is 24.3 Å². The molecular weight excluding hydrogens is 287 g/mol. The van der Waals surface area contributed by atoms with Crippen LogP contribution in [0.25, 0.3) is 0 Å². The van der Waals surface area contributed by atoms with Crippen molar-refractivity contribution >= 4 is 6.03 Å². The number of methoxy groups -OCH3 is 1. The number of benzene rings is 1. The number of amides is 2. The molecule has 0 saturated carbocycles. The van der Waals surface area contributed by atoms with Crippen molar-refractivity contribution in [3.8, 4) is 0 Å². The fourth-order valence-electron chi connectivity index (χ4n) is 2.52. The number of hydrogen-bond donors (Lipinski definition) is 1. The topological polar surface area (TPSA) is 50.8 Å². The highest BCUT2D eigenvalue weighted by molar-refractivity contribution is 5.74. The van der Waals surface area contributed by atoms with Crippen LogP contribution in [0.2, 0.25) is 0 Å². The number of ether oxygens (including phenoxy) is 2. The molecule has 0 bridgehead atoms. The van der Waals surface area contributed by atoms with Crippen LogP contribution in [0.5, 0.6) is 0 Å². The van der Waals surface area contributed by atoms with E-state index in [1.54, 1.807) is 24.1 Å². The maximum atomic E-state index is 13.0. The lowest BCUT2D eigenvalue weighted by atomic mass is 10.1. The number of urea groups is 1. The van der Waals surface area contributed by atoms with Gasteiger partial charge in [0.05, 0.1) is 24.9 Å². The van der Waals surface area contributed by atoms with Crippen LogP contribution < -0.4 is 5.32 Å². The second kappa shape index (κ2) is 7.56. The molecular formula is C16H23FN2O3. The lowest BCUT2D eigenvalue weighted by Crippen LogP contribution is -2.54. The minimum atomic E-state index is -0.307. The lowest BCUT2D eigenvalue weighted by Gasteiger charge is -2.37. The zero-order chi connectivity index (χ0) is 16.1. The number of carbonyl (C=O) groups excluding carboxylic acids is 1. The van der Waals surface area contributed by atoms with Gasteiger partial charge in [-0.25, -0.2) is 9.18 Å². The summed E-state index contributed by atoms with van der Waals surface area (Å²) in [6, 6.07) is 5.99. The fourth-order valence-corrected chi connectivity index (χ4v) is 2.52. The van der Waals surface area contributed by atoms with Crippen LogP contribution in [-0.2, 0) is 9.47 Å². The van der Waals surface area contributed by atoms with Gasteiger partial charge in [-0.2, -0.15) is 0 Å². The standard InChI is InChI=1S/C16H23FN2O3/c1-11-12(2)22-9-8-19(11)16(20)18-10-15(21-3)13-4-6-14(17)7-5-13/h4-7,11-12,15H,8-10H2,1-3H3,(H,18,20)/t11-,12+,15-/m1/s1. The third-order valence-corrected chi connectivity index (χ3v) is 4.11. The van der Waals surface area contributed by atoms with Gasteiger partial charge < -0.3 is 19.7 Å². The maximum absolute atomic E-state index is 13.0. The van der Waals surface area contributed by atoms with E-state index in [-0.39, 0.29) is 30.1 Å². The summed E-state index contributed by atoms with van der Waals surface area (Å²) >= 11 is 0. The van der Waals surface area contributed by atoms with Gasteiger partial charge in [-0.3, -0.25) is 0 Å². The molecule has 0 aliphatic carbocycles. The largest absolute Gasteiger partial charge is 0.375 e. The Labute approximate surface area is 130 Å². The summed E-state index contributed by atoms with van der Waals surface area (Å²) in [5.41, 5.74) is 0.826. The SMILES string of the molecule is CO[C@H](CNC(=O)N1CCO[C@@H](C)[C@H]1C)c1ccc(F)cc1. The van der Waals surface area contributed by atoms with Gasteiger partial charge in [0.2, 0.25) is 0 Å². The van der Waals surface area contributed by atoms with Crippen molar-refractivity contribution in [3.63, 3.8) is 0 Å². The summed E-state index contributed by atoms with van der Waals surface area (Å²) in [7, 11) is 1.57. The monoisotopic (exact) mass is 310 g/mol. The van der Waals surface area contributed by atoms with Crippen LogP contribution >= 0.6 is 0 Å². The zero-order valence-electron chi connectivity index (χ0n) is 13.2. The Bertz CT molecular complexity index is 495. The Balaban J connectivity index is 1.92. The highest BCUT2D eigenvalue weighted by atomic mass is 19.1. The number of hydrogen-bond acceptors (Lipinski definition) is 3. The quantitative estimate of drug-likeness (QED) is 0.928. The minimum absolute atomic E-state index is 0.0230. The molecule has 1 aromatic carbocycles. The summed E-state index contributed by atoms with van der Waals surface area (Å²) in [5.74, 6) is -0.293. The van der Waals surface area contributed by atoms with Gasteiger partial charge in [0.15, 0.2) is 0 Å². The molecule has 0 aromatic heterocycles. The van der Waals surface area contributed by atoms with Crippen molar-refractivity contribution in [1.82, 2.24) is 10.2 Å². The molecule has 1 aliphatic heterocycles. The van der Waals surface area contributed by atoms with Crippen molar-refractivity contribution in [2.24, 2.45) is 0 Å². The molecule has 22 heavy (non-hydrogen) atoms. The molecule has 2 amide bonds. The van der Waals surface area contributed by atoms with Gasteiger partial charge in [0.1, 0.15) is 5.82 Å². The molecule has 6 heteroatoms. The van der Waals surface area contributed by atoms with Crippen LogP contribution in [0.1, 0.15) is 25.5 Å². The van der Waals surface area contributed by atoms with Crippen molar-refractivity contribution in [2.75, 3.05) is 26.8 Å². The molecule has 1 saturated heterocycles. The van der Waals surface area contributed by atoms with E-state index >= 15 is 0 Å². The molecule has 1 aromatic rings. The Morgan fingerprint density at radius 3 is 2.77 bits per heavy atom. The first kappa shape index (κ1) is 16.7. The molecule has 122 valence electrons. The third-order valence-electron chi connectivity index (χ3n) is 4.11. The number of halogens is 1. The third kappa shape index (κ3) is 3.96. The van der Waals surface area contributed by atoms with Crippen molar-refractivity contribution in [1.29, 1.82) is 0 Å². The smallest absolute Gasteiger partial charge is 0.317 e. The highest BCUT2D eigenvalue weighted by Gasteiger charge is 2.29. The van der Waals surface area contributed by atoms with Gasteiger partial charge in [0, 0.05) is 20.2 Å². The summed E-state index contributed by atoms with van der Waals surface area (Å²) in [4.78, 5) is 14.1. The molecule has 0 radical (unpaired) electrons. The number of nitrogens with one attached hydrogen (secondary N) is 1. The van der Waals surface area contributed by atoms with Gasteiger partial charge in [-0.15, -0.1) is 0 Å². The van der Waals surface area contributed by atoms with Crippen molar-refractivity contribution < 1.29 is 18.7 Å². The average Bonchev–Trinajstić information content (AvgIpc) is 2.52. The molecule has 5 nitrogen and oxygen atoms in total. The van der Waals surface area contributed by atoms with Crippen molar-refractivity contribution in [2.45, 2.75) is 32.1 Å². The fraction of sp³-hybridized carbons (Fsp3) is 0.562. The Morgan fingerprint density at radius 2 is 2.14 bits per heavy atom. The first-order valence-electron chi connectivity index (χ1n) is 7.47. The number of carbonyl (C=O) groups is 1. The molecule has 1 fully saturated rings. The van der Waals surface area contributed by atoms with E-state index in [9.17, 15) is 9.18 Å². The first-order chi connectivity index (χ1) is 10.5. The van der Waals surface area contributed by atoms with Crippen LogP contribution in [0.3, 0.4) is 0 Å². The zero-order valence-corrected chi connectivity index (χ0v) is 13.2. The van der Waals surface area contributed by atoms with Crippen LogP contribution in [-0.4, -0.2) is 49.9 Å². The van der Waals surface area contributed by atoms with E-state index in [1.807, 2.05) is 13.8 Å². The van der Waals surface area contributed by atoms with E-state index in [1.165, 1.54) is 12.1 Å². The second-order valence-corrected chi connectivity index (χ2v) is 5.47. The number of rotatable bonds is 4. The van der Waals surface area contributed by atoms with Crippen molar-refractivity contribution in [3.05, 3.63) is 35.6 Å². The number of nitrogens with zero attached hydrogens (tertiary/aromatic N) is 1. The average molecular weight is 310 g/mol. The summed E-state index contributed by atoms with van der Waals surface area (Å²) < 4.78 is 23.9. The van der Waals surface area contributed by atoms with Crippen LogP contribution in [0, 0.1) is 5.82 Å². The minimum Gasteiger partial charge on any atom is -0.375 e. The summed E-state index contributed by atoms with van der Waals surface area (Å²) in [5, 5.41) is 2.88. The first-order valence-corrected chi connectivity index (χ1v) is 7.47. The molecule has 0 spiro atoms. The van der Waals surface area contributed by atoms with E-state index in [0.717, 1.165) is 5.56 Å². The second-order valence-electron chi connectivity index (χ2n) is 5.47. The van der Waals surface area contributed by atoms with E-state index < -0.39 is 0 Å². The Morgan fingerprint density at radius 1 is 1.45 bits per heavy atom. The van der Waals surface area contributed by atoms with E-state index in [4.69, 9.17) is 9.47 Å². The highest BCUT2D eigenvalue weighted by Crippen LogP contribution is 2.17. The van der Waals surface area contributed by atoms with E-state index in [0.29, 0.717) is 19.7 Å². The summed E-state index contributed by atoms with van der Waals surface area (Å²) in [6.07, 6.45) is -0.284. The van der Waals surface area contributed by atoms with Crippen LogP contribution in [0.4, 0.5) is 9.18 Å².